The van der Waals surface area contributed by atoms with Crippen LogP contribution in [0, 0.1) is 0 Å². The number of carbonyl (C=O) groups is 1. The number of hydrogen-bond donors (Lipinski definition) is 1. The van der Waals surface area contributed by atoms with Crippen molar-refractivity contribution in [1.29, 1.82) is 0 Å². The summed E-state index contributed by atoms with van der Waals surface area (Å²) in [6, 6.07) is 8.01. The molecule has 0 spiro atoms. The molecule has 0 atom stereocenters. The van der Waals surface area contributed by atoms with Crippen molar-refractivity contribution in [2.45, 2.75) is 44.3 Å². The van der Waals surface area contributed by atoms with Crippen LogP contribution in [0.4, 0.5) is 5.69 Å². The van der Waals surface area contributed by atoms with E-state index in [9.17, 15) is 9.59 Å². The lowest BCUT2D eigenvalue weighted by molar-refractivity contribution is -0.113. The molecule has 1 N–H and O–H groups in total. The normalized spacial score (nSPS) is 13.1. The molecule has 0 saturated carbocycles. The fraction of sp³-hybridized carbons (Fsp3) is 0.350. The molecule has 4 rings (SSSR count). The molecule has 27 heavy (non-hydrogen) atoms. The molecule has 0 fully saturated rings. The van der Waals surface area contributed by atoms with Gasteiger partial charge in [-0.3, -0.25) is 14.2 Å². The van der Waals surface area contributed by atoms with E-state index < -0.39 is 0 Å². The van der Waals surface area contributed by atoms with Gasteiger partial charge >= 0.3 is 0 Å². The number of hydrogen-bond acceptors (Lipinski definition) is 5. The van der Waals surface area contributed by atoms with Gasteiger partial charge in [0.05, 0.1) is 11.3 Å². The molecule has 0 unspecified atom stereocenters. The Balaban J connectivity index is 1.48. The van der Waals surface area contributed by atoms with E-state index in [0.717, 1.165) is 24.9 Å². The zero-order valence-corrected chi connectivity index (χ0v) is 16.8. The van der Waals surface area contributed by atoms with Crippen LogP contribution in [0.25, 0.3) is 10.2 Å². The molecule has 1 aliphatic rings. The highest BCUT2D eigenvalue weighted by Crippen LogP contribution is 2.25. The zero-order chi connectivity index (χ0) is 18.8. The van der Waals surface area contributed by atoms with Gasteiger partial charge in [-0.05, 0) is 60.4 Å². The van der Waals surface area contributed by atoms with Crippen molar-refractivity contribution in [2.75, 3.05) is 11.1 Å². The van der Waals surface area contributed by atoms with Gasteiger partial charge in [0.15, 0.2) is 5.16 Å². The molecule has 1 amide bonds. The smallest absolute Gasteiger partial charge is 0.272 e. The lowest BCUT2D eigenvalue weighted by Gasteiger charge is -2.11. The molecule has 1 aliphatic carbocycles. The summed E-state index contributed by atoms with van der Waals surface area (Å²) in [5, 5.41) is 5.45. The minimum Gasteiger partial charge on any atom is -0.325 e. The monoisotopic (exact) mass is 399 g/mol. The maximum Gasteiger partial charge on any atom is 0.272 e. The summed E-state index contributed by atoms with van der Waals surface area (Å²) in [6.45, 7) is 2.63. The van der Waals surface area contributed by atoms with Gasteiger partial charge in [0.1, 0.15) is 4.70 Å². The van der Waals surface area contributed by atoms with Crippen LogP contribution >= 0.6 is 23.1 Å². The number of thiophene rings is 1. The Labute approximate surface area is 165 Å². The molecule has 0 aliphatic heterocycles. The van der Waals surface area contributed by atoms with Crippen LogP contribution < -0.4 is 10.9 Å². The summed E-state index contributed by atoms with van der Waals surface area (Å²) in [5.41, 5.74) is 4.26. The second-order valence-electron chi connectivity index (χ2n) is 6.66. The van der Waals surface area contributed by atoms with Crippen LogP contribution in [0.5, 0.6) is 0 Å². The van der Waals surface area contributed by atoms with E-state index in [2.05, 4.69) is 22.4 Å². The molecular formula is C20H21N3O2S2. The van der Waals surface area contributed by atoms with Crippen molar-refractivity contribution in [3.8, 4) is 0 Å². The first-order valence-corrected chi connectivity index (χ1v) is 11.0. The van der Waals surface area contributed by atoms with Crippen molar-refractivity contribution in [2.24, 2.45) is 0 Å². The van der Waals surface area contributed by atoms with E-state index in [1.54, 1.807) is 4.57 Å². The van der Waals surface area contributed by atoms with Gasteiger partial charge in [0.2, 0.25) is 5.91 Å². The van der Waals surface area contributed by atoms with Gasteiger partial charge in [0.25, 0.3) is 5.56 Å². The fourth-order valence-electron chi connectivity index (χ4n) is 3.43. The number of benzene rings is 1. The first-order valence-electron chi connectivity index (χ1n) is 9.18. The van der Waals surface area contributed by atoms with Gasteiger partial charge in [0, 0.05) is 12.2 Å². The van der Waals surface area contributed by atoms with Gasteiger partial charge in [-0.2, -0.15) is 0 Å². The Morgan fingerprint density at radius 3 is 3.00 bits per heavy atom. The average Bonchev–Trinajstić information content (AvgIpc) is 3.31. The SMILES string of the molecule is CCCn1c(SCC(=O)Nc2ccc3c(c2)CCC3)nc2ccsc2c1=O. The molecule has 7 heteroatoms. The van der Waals surface area contributed by atoms with Crippen LogP contribution in [0.1, 0.15) is 30.9 Å². The molecule has 0 saturated heterocycles. The van der Waals surface area contributed by atoms with Crippen LogP contribution in [0.15, 0.2) is 39.6 Å². The third kappa shape index (κ3) is 3.80. The maximum atomic E-state index is 12.7. The number of anilines is 1. The predicted octanol–water partition coefficient (Wildman–Crippen LogP) is 4.09. The van der Waals surface area contributed by atoms with E-state index >= 15 is 0 Å². The van der Waals surface area contributed by atoms with Gasteiger partial charge in [-0.15, -0.1) is 11.3 Å². The Morgan fingerprint density at radius 2 is 2.15 bits per heavy atom. The Bertz CT molecular complexity index is 1060. The minimum atomic E-state index is -0.0827. The van der Waals surface area contributed by atoms with Gasteiger partial charge in [-0.25, -0.2) is 4.98 Å². The lowest BCUT2D eigenvalue weighted by Crippen LogP contribution is -2.23. The number of aromatic nitrogens is 2. The molecule has 140 valence electrons. The highest BCUT2D eigenvalue weighted by molar-refractivity contribution is 7.99. The van der Waals surface area contributed by atoms with E-state index in [1.807, 2.05) is 24.4 Å². The summed E-state index contributed by atoms with van der Waals surface area (Å²) in [4.78, 5) is 29.7. The van der Waals surface area contributed by atoms with Crippen molar-refractivity contribution >= 4 is 44.9 Å². The molecule has 0 radical (unpaired) electrons. The number of aryl methyl sites for hydroxylation is 2. The summed E-state index contributed by atoms with van der Waals surface area (Å²) in [5.74, 6) is 0.142. The summed E-state index contributed by atoms with van der Waals surface area (Å²) in [7, 11) is 0. The molecular weight excluding hydrogens is 378 g/mol. The van der Waals surface area contributed by atoms with E-state index in [1.165, 1.54) is 40.6 Å². The number of amides is 1. The van der Waals surface area contributed by atoms with Gasteiger partial charge in [-0.1, -0.05) is 24.8 Å². The third-order valence-corrected chi connectivity index (χ3v) is 6.56. The number of thioether (sulfide) groups is 1. The number of nitrogens with one attached hydrogen (secondary N) is 1. The Kier molecular flexibility index (Phi) is 5.31. The Morgan fingerprint density at radius 1 is 1.30 bits per heavy atom. The minimum absolute atomic E-state index is 0.0154. The lowest BCUT2D eigenvalue weighted by atomic mass is 10.1. The van der Waals surface area contributed by atoms with Crippen molar-refractivity contribution < 1.29 is 4.79 Å². The highest BCUT2D eigenvalue weighted by atomic mass is 32.2. The molecule has 2 heterocycles. The van der Waals surface area contributed by atoms with Crippen LogP contribution in [-0.2, 0) is 24.2 Å². The summed E-state index contributed by atoms with van der Waals surface area (Å²) < 4.78 is 2.36. The fourth-order valence-corrected chi connectivity index (χ4v) is 5.03. The number of nitrogens with zero attached hydrogens (tertiary/aromatic N) is 2. The predicted molar refractivity (Wildman–Crippen MR) is 112 cm³/mol. The zero-order valence-electron chi connectivity index (χ0n) is 15.2. The van der Waals surface area contributed by atoms with E-state index in [0.29, 0.717) is 21.9 Å². The highest BCUT2D eigenvalue weighted by Gasteiger charge is 2.15. The number of rotatable bonds is 6. The van der Waals surface area contributed by atoms with Gasteiger partial charge < -0.3 is 5.32 Å². The van der Waals surface area contributed by atoms with Crippen LogP contribution in [0.2, 0.25) is 0 Å². The first kappa shape index (κ1) is 18.3. The quantitative estimate of drug-likeness (QED) is 0.501. The van der Waals surface area contributed by atoms with E-state index in [-0.39, 0.29) is 17.2 Å². The van der Waals surface area contributed by atoms with E-state index in [4.69, 9.17) is 0 Å². The number of carbonyl (C=O) groups excluding carboxylic acids is 1. The maximum absolute atomic E-state index is 12.7. The van der Waals surface area contributed by atoms with Crippen molar-refractivity contribution in [1.82, 2.24) is 9.55 Å². The van der Waals surface area contributed by atoms with Crippen molar-refractivity contribution in [3.05, 3.63) is 51.1 Å². The Hall–Kier alpha value is -2.12. The van der Waals surface area contributed by atoms with Crippen LogP contribution in [0.3, 0.4) is 0 Å². The summed E-state index contributed by atoms with van der Waals surface area (Å²) in [6.07, 6.45) is 4.24. The molecule has 3 aromatic rings. The molecule has 2 aromatic heterocycles. The standard InChI is InChI=1S/C20H21N3O2S2/c1-2-9-23-19(25)18-16(8-10-26-18)22-20(23)27-12-17(24)21-15-7-6-13-4-3-5-14(13)11-15/h6-8,10-11H,2-5,9,12H2,1H3,(H,21,24). The second kappa shape index (κ2) is 7.86. The summed E-state index contributed by atoms with van der Waals surface area (Å²) >= 11 is 2.73. The van der Waals surface area contributed by atoms with Crippen molar-refractivity contribution in [3.63, 3.8) is 0 Å². The largest absolute Gasteiger partial charge is 0.325 e. The third-order valence-electron chi connectivity index (χ3n) is 4.69. The molecule has 0 bridgehead atoms. The topological polar surface area (TPSA) is 64.0 Å². The average molecular weight is 400 g/mol. The van der Waals surface area contributed by atoms with Crippen LogP contribution in [-0.4, -0.2) is 21.2 Å². The second-order valence-corrected chi connectivity index (χ2v) is 8.52. The molecule has 1 aromatic carbocycles. The number of fused-ring (bicyclic) bond motifs is 2. The molecule has 5 nitrogen and oxygen atoms in total. The first-order chi connectivity index (χ1) is 13.2.